The third kappa shape index (κ3) is 4.81. The van der Waals surface area contributed by atoms with Gasteiger partial charge >= 0.3 is 12.1 Å². The molecule has 1 saturated heterocycles. The van der Waals surface area contributed by atoms with Gasteiger partial charge in [-0.1, -0.05) is 6.07 Å². The Kier molecular flexibility index (Phi) is 6.42. The number of carbonyl (C=O) groups excluding carboxylic acids is 2. The van der Waals surface area contributed by atoms with Crippen molar-refractivity contribution < 1.29 is 19.1 Å². The van der Waals surface area contributed by atoms with E-state index in [4.69, 9.17) is 9.47 Å². The molecule has 1 fully saturated rings. The van der Waals surface area contributed by atoms with Crippen LogP contribution in [0.3, 0.4) is 0 Å². The highest BCUT2D eigenvalue weighted by Gasteiger charge is 2.45. The molecule has 0 bridgehead atoms. The van der Waals surface area contributed by atoms with Crippen molar-refractivity contribution in [3.8, 4) is 0 Å². The lowest BCUT2D eigenvalue weighted by Gasteiger charge is -2.39. The van der Waals surface area contributed by atoms with E-state index in [1.165, 1.54) is 21.7 Å². The number of fused-ring (bicyclic) bond motifs is 3. The Morgan fingerprint density at radius 2 is 2.03 bits per heavy atom. The smallest absolute Gasteiger partial charge is 0.410 e. The van der Waals surface area contributed by atoms with Crippen LogP contribution in [0.2, 0.25) is 0 Å². The number of esters is 1. The number of ether oxygens (including phenoxy) is 2. The van der Waals surface area contributed by atoms with Crippen LogP contribution in [0.1, 0.15) is 64.0 Å². The first-order chi connectivity index (χ1) is 14.8. The van der Waals surface area contributed by atoms with Crippen molar-refractivity contribution in [2.45, 2.75) is 75.8 Å². The quantitative estimate of drug-likeness (QED) is 0.631. The van der Waals surface area contributed by atoms with Crippen molar-refractivity contribution in [3.05, 3.63) is 23.3 Å². The summed E-state index contributed by atoms with van der Waals surface area (Å²) < 4.78 is 10.8. The molecule has 4 rings (SSSR count). The number of benzene rings is 1. The largest absolute Gasteiger partial charge is 0.466 e. The summed E-state index contributed by atoms with van der Waals surface area (Å²) >= 11 is 1.92. The topological polar surface area (TPSA) is 59.1 Å². The number of likely N-dealkylation sites (tertiary alicyclic amines) is 1. The maximum Gasteiger partial charge on any atom is 0.410 e. The predicted octanol–water partition coefficient (Wildman–Crippen LogP) is 4.59. The zero-order chi connectivity index (χ0) is 22.2. The summed E-state index contributed by atoms with van der Waals surface area (Å²) in [4.78, 5) is 30.4. The summed E-state index contributed by atoms with van der Waals surface area (Å²) in [6.07, 6.45) is 2.99. The minimum Gasteiger partial charge on any atom is -0.466 e. The van der Waals surface area contributed by atoms with Crippen molar-refractivity contribution in [2.75, 3.05) is 36.9 Å². The number of hydrogen-bond acceptors (Lipinski definition) is 6. The van der Waals surface area contributed by atoms with Crippen LogP contribution in [0.4, 0.5) is 10.5 Å². The lowest BCUT2D eigenvalue weighted by Crippen LogP contribution is -2.49. The van der Waals surface area contributed by atoms with Gasteiger partial charge in [0.15, 0.2) is 0 Å². The molecule has 0 saturated carbocycles. The Bertz CT molecular complexity index is 851. The molecule has 6 nitrogen and oxygen atoms in total. The van der Waals surface area contributed by atoms with E-state index >= 15 is 0 Å². The van der Waals surface area contributed by atoms with Crippen molar-refractivity contribution in [1.82, 2.24) is 4.90 Å². The van der Waals surface area contributed by atoms with E-state index in [0.29, 0.717) is 32.0 Å². The molecule has 0 aromatic heterocycles. The first kappa shape index (κ1) is 22.3. The first-order valence-electron chi connectivity index (χ1n) is 11.5. The zero-order valence-corrected chi connectivity index (χ0v) is 19.9. The Hall–Kier alpha value is -1.89. The van der Waals surface area contributed by atoms with Crippen LogP contribution in [0.15, 0.2) is 17.0 Å². The maximum absolute atomic E-state index is 12.7. The number of piperidine rings is 1. The number of carbonyl (C=O) groups is 2. The number of hydrogen-bond donors (Lipinski definition) is 0. The van der Waals surface area contributed by atoms with Gasteiger partial charge in [0.1, 0.15) is 5.60 Å². The van der Waals surface area contributed by atoms with Crippen molar-refractivity contribution in [1.29, 1.82) is 0 Å². The predicted molar refractivity (Wildman–Crippen MR) is 123 cm³/mol. The van der Waals surface area contributed by atoms with E-state index in [-0.39, 0.29) is 18.0 Å². The Morgan fingerprint density at radius 1 is 1.23 bits per heavy atom. The fraction of sp³-hybridized carbons (Fsp3) is 0.667. The number of amides is 1. The van der Waals surface area contributed by atoms with Gasteiger partial charge < -0.3 is 19.3 Å². The average Bonchev–Trinajstić information content (AvgIpc) is 2.86. The fourth-order valence-corrected chi connectivity index (χ4v) is 6.08. The van der Waals surface area contributed by atoms with Crippen LogP contribution in [0.5, 0.6) is 0 Å². The highest BCUT2D eigenvalue weighted by atomic mass is 32.2. The third-order valence-electron chi connectivity index (χ3n) is 6.20. The number of nitrogens with zero attached hydrogens (tertiary/aromatic N) is 2. The molecule has 1 aromatic carbocycles. The lowest BCUT2D eigenvalue weighted by molar-refractivity contribution is -0.143. The molecule has 3 heterocycles. The molecule has 3 aliphatic heterocycles. The Morgan fingerprint density at radius 3 is 2.77 bits per heavy atom. The molecular weight excluding hydrogens is 412 g/mol. The fourth-order valence-electron chi connectivity index (χ4n) is 4.98. The van der Waals surface area contributed by atoms with Gasteiger partial charge in [0, 0.05) is 42.9 Å². The normalized spacial score (nSPS) is 22.5. The van der Waals surface area contributed by atoms with Gasteiger partial charge in [0.05, 0.1) is 12.3 Å². The molecule has 7 heteroatoms. The van der Waals surface area contributed by atoms with Gasteiger partial charge in [0.2, 0.25) is 0 Å². The van der Waals surface area contributed by atoms with Gasteiger partial charge in [-0.2, -0.15) is 0 Å². The Balaban J connectivity index is 1.60. The molecule has 170 valence electrons. The highest BCUT2D eigenvalue weighted by molar-refractivity contribution is 7.99. The molecule has 1 amide bonds. The lowest BCUT2D eigenvalue weighted by atomic mass is 9.88. The van der Waals surface area contributed by atoms with E-state index in [2.05, 4.69) is 17.0 Å². The van der Waals surface area contributed by atoms with Crippen molar-refractivity contribution >= 4 is 29.5 Å². The van der Waals surface area contributed by atoms with Crippen LogP contribution in [-0.2, 0) is 20.7 Å². The van der Waals surface area contributed by atoms with Gasteiger partial charge in [-0.25, -0.2) is 4.79 Å². The molecule has 3 aliphatic rings. The van der Waals surface area contributed by atoms with E-state index < -0.39 is 5.60 Å². The SMILES string of the molecule is CCOC(=O)CCc1cc2c3c(c1)[C@@H]1CN(C(=O)OC(C)(C)C)CC[C@@H]1N3CCCS2. The minimum absolute atomic E-state index is 0.144. The van der Waals surface area contributed by atoms with E-state index in [0.717, 1.165) is 31.7 Å². The standard InChI is InChI=1S/C24H34N2O4S/c1-5-29-21(27)8-7-16-13-17-18-15-25(23(28)30-24(2,3)4)11-9-19(18)26-10-6-12-31-20(14-16)22(17)26/h13-14,18-19H,5-12,15H2,1-4H3/t18-,19-/m0/s1. The second-order valence-electron chi connectivity index (χ2n) is 9.62. The van der Waals surface area contributed by atoms with Crippen LogP contribution in [-0.4, -0.2) is 60.6 Å². The molecular formula is C24H34N2O4S. The summed E-state index contributed by atoms with van der Waals surface area (Å²) in [6, 6.07) is 4.98. The average molecular weight is 447 g/mol. The summed E-state index contributed by atoms with van der Waals surface area (Å²) in [5.41, 5.74) is 3.40. The van der Waals surface area contributed by atoms with Crippen molar-refractivity contribution in [2.24, 2.45) is 0 Å². The second kappa shape index (κ2) is 8.93. The second-order valence-corrected chi connectivity index (χ2v) is 10.8. The van der Waals surface area contributed by atoms with Gasteiger partial charge in [-0.05, 0) is 69.9 Å². The van der Waals surface area contributed by atoms with Crippen molar-refractivity contribution in [3.63, 3.8) is 0 Å². The molecule has 1 aromatic rings. The maximum atomic E-state index is 12.7. The zero-order valence-electron chi connectivity index (χ0n) is 19.1. The molecule has 0 unspecified atom stereocenters. The van der Waals surface area contributed by atoms with E-state index in [9.17, 15) is 9.59 Å². The van der Waals surface area contributed by atoms with Crippen LogP contribution in [0.25, 0.3) is 0 Å². The van der Waals surface area contributed by atoms with Crippen LogP contribution < -0.4 is 4.90 Å². The molecule has 0 N–H and O–H groups in total. The summed E-state index contributed by atoms with van der Waals surface area (Å²) in [5, 5.41) is 0. The summed E-state index contributed by atoms with van der Waals surface area (Å²) in [5.74, 6) is 1.26. The van der Waals surface area contributed by atoms with Gasteiger partial charge in [-0.15, -0.1) is 11.8 Å². The van der Waals surface area contributed by atoms with Crippen LogP contribution >= 0.6 is 11.8 Å². The number of rotatable bonds is 4. The molecule has 0 radical (unpaired) electrons. The van der Waals surface area contributed by atoms with Gasteiger partial charge in [-0.3, -0.25) is 4.79 Å². The van der Waals surface area contributed by atoms with E-state index in [1.807, 2.05) is 44.4 Å². The number of thioether (sulfide) groups is 1. The van der Waals surface area contributed by atoms with E-state index in [1.54, 1.807) is 0 Å². The first-order valence-corrected chi connectivity index (χ1v) is 12.4. The van der Waals surface area contributed by atoms with Crippen LogP contribution in [0, 0.1) is 0 Å². The molecule has 0 aliphatic carbocycles. The third-order valence-corrected chi connectivity index (χ3v) is 7.32. The highest BCUT2D eigenvalue weighted by Crippen LogP contribution is 2.51. The molecule has 0 spiro atoms. The summed E-state index contributed by atoms with van der Waals surface area (Å²) in [7, 11) is 0. The van der Waals surface area contributed by atoms with Gasteiger partial charge in [0.25, 0.3) is 0 Å². The Labute approximate surface area is 189 Å². The number of aryl methyl sites for hydroxylation is 1. The molecule has 2 atom stereocenters. The summed E-state index contributed by atoms with van der Waals surface area (Å²) in [6.45, 7) is 10.5. The molecule has 31 heavy (non-hydrogen) atoms. The monoisotopic (exact) mass is 446 g/mol. The number of anilines is 1. The minimum atomic E-state index is -0.488.